The van der Waals surface area contributed by atoms with Crippen LogP contribution in [-0.2, 0) is 12.6 Å². The SMILES string of the molecule is COc1cnn(C)c1C1(O)CCN2CCCC21. The molecule has 3 heterocycles. The lowest BCUT2D eigenvalue weighted by molar-refractivity contribution is 0.0000150. The largest absolute Gasteiger partial charge is 0.493 e. The number of aryl methyl sites for hydroxylation is 1. The van der Waals surface area contributed by atoms with Gasteiger partial charge in [-0.2, -0.15) is 5.10 Å². The van der Waals surface area contributed by atoms with E-state index in [1.807, 2.05) is 7.05 Å². The van der Waals surface area contributed by atoms with Crippen molar-refractivity contribution in [3.63, 3.8) is 0 Å². The molecule has 2 saturated heterocycles. The van der Waals surface area contributed by atoms with Crippen molar-refractivity contribution in [3.05, 3.63) is 11.9 Å². The molecule has 2 aliphatic heterocycles. The number of rotatable bonds is 2. The van der Waals surface area contributed by atoms with Crippen molar-refractivity contribution < 1.29 is 9.84 Å². The Hall–Kier alpha value is -1.07. The van der Waals surface area contributed by atoms with Gasteiger partial charge in [0.1, 0.15) is 11.3 Å². The Bertz CT molecular complexity index is 431. The van der Waals surface area contributed by atoms with Crippen LogP contribution in [0.1, 0.15) is 25.0 Å². The van der Waals surface area contributed by atoms with E-state index >= 15 is 0 Å². The minimum Gasteiger partial charge on any atom is -0.493 e. The molecular weight excluding hydrogens is 218 g/mol. The van der Waals surface area contributed by atoms with Gasteiger partial charge in [0.2, 0.25) is 0 Å². The van der Waals surface area contributed by atoms with Crippen LogP contribution in [0.15, 0.2) is 6.20 Å². The van der Waals surface area contributed by atoms with Crippen molar-refractivity contribution in [2.24, 2.45) is 7.05 Å². The number of fused-ring (bicyclic) bond motifs is 1. The zero-order chi connectivity index (χ0) is 12.0. The van der Waals surface area contributed by atoms with E-state index in [1.165, 1.54) is 6.42 Å². The smallest absolute Gasteiger partial charge is 0.162 e. The fraction of sp³-hybridized carbons (Fsp3) is 0.750. The monoisotopic (exact) mass is 237 g/mol. The predicted molar refractivity (Wildman–Crippen MR) is 62.9 cm³/mol. The fourth-order valence-corrected chi connectivity index (χ4v) is 3.45. The summed E-state index contributed by atoms with van der Waals surface area (Å²) in [4.78, 5) is 2.38. The van der Waals surface area contributed by atoms with E-state index in [1.54, 1.807) is 18.0 Å². The second-order valence-electron chi connectivity index (χ2n) is 5.05. The van der Waals surface area contributed by atoms with Crippen LogP contribution < -0.4 is 4.74 Å². The van der Waals surface area contributed by atoms with E-state index in [0.29, 0.717) is 5.75 Å². The number of hydrogen-bond donors (Lipinski definition) is 1. The van der Waals surface area contributed by atoms with Gasteiger partial charge in [0.25, 0.3) is 0 Å². The lowest BCUT2D eigenvalue weighted by Gasteiger charge is -2.30. The molecular formula is C12H19N3O2. The van der Waals surface area contributed by atoms with Crippen molar-refractivity contribution in [2.75, 3.05) is 20.2 Å². The van der Waals surface area contributed by atoms with E-state index in [2.05, 4.69) is 10.00 Å². The maximum Gasteiger partial charge on any atom is 0.162 e. The molecule has 0 radical (unpaired) electrons. The molecule has 94 valence electrons. The molecule has 2 aliphatic rings. The molecule has 0 aromatic carbocycles. The summed E-state index contributed by atoms with van der Waals surface area (Å²) in [6.07, 6.45) is 4.69. The summed E-state index contributed by atoms with van der Waals surface area (Å²) in [5, 5.41) is 15.2. The molecule has 1 aromatic heterocycles. The average Bonchev–Trinajstić information content (AvgIpc) is 2.97. The van der Waals surface area contributed by atoms with Crippen molar-refractivity contribution in [2.45, 2.75) is 30.9 Å². The van der Waals surface area contributed by atoms with E-state index in [4.69, 9.17) is 4.74 Å². The topological polar surface area (TPSA) is 50.5 Å². The van der Waals surface area contributed by atoms with E-state index in [0.717, 1.165) is 31.6 Å². The summed E-state index contributed by atoms with van der Waals surface area (Å²) >= 11 is 0. The lowest BCUT2D eigenvalue weighted by Crippen LogP contribution is -2.40. The summed E-state index contributed by atoms with van der Waals surface area (Å²) in [6, 6.07) is 0.229. The maximum atomic E-state index is 11.0. The normalized spacial score (nSPS) is 33.0. The fourth-order valence-electron chi connectivity index (χ4n) is 3.45. The Balaban J connectivity index is 2.04. The summed E-state index contributed by atoms with van der Waals surface area (Å²) in [5.41, 5.74) is 0.0296. The Morgan fingerprint density at radius 1 is 1.53 bits per heavy atom. The van der Waals surface area contributed by atoms with Gasteiger partial charge in [-0.1, -0.05) is 0 Å². The standard InChI is InChI=1S/C12H19N3O2/c1-14-11(9(17-2)8-13-14)12(16)5-7-15-6-3-4-10(12)15/h8,10,16H,3-7H2,1-2H3. The third-order valence-corrected chi connectivity index (χ3v) is 4.23. The van der Waals surface area contributed by atoms with Gasteiger partial charge in [-0.05, 0) is 25.8 Å². The van der Waals surface area contributed by atoms with E-state index in [9.17, 15) is 5.11 Å². The van der Waals surface area contributed by atoms with Crippen molar-refractivity contribution >= 4 is 0 Å². The van der Waals surface area contributed by atoms with Gasteiger partial charge in [0.15, 0.2) is 5.75 Å². The third kappa shape index (κ3) is 1.42. The van der Waals surface area contributed by atoms with Crippen LogP contribution >= 0.6 is 0 Å². The molecule has 2 atom stereocenters. The molecule has 2 unspecified atom stereocenters. The predicted octanol–water partition coefficient (Wildman–Crippen LogP) is 0.484. The van der Waals surface area contributed by atoms with Gasteiger partial charge in [-0.3, -0.25) is 9.58 Å². The second-order valence-corrected chi connectivity index (χ2v) is 5.05. The Morgan fingerprint density at radius 2 is 2.35 bits per heavy atom. The molecule has 3 rings (SSSR count). The molecule has 2 fully saturated rings. The van der Waals surface area contributed by atoms with Gasteiger partial charge in [0.05, 0.1) is 13.3 Å². The summed E-state index contributed by atoms with van der Waals surface area (Å²) in [5.74, 6) is 0.698. The Labute approximate surface area is 101 Å². The molecule has 0 spiro atoms. The number of methoxy groups -OCH3 is 1. The molecule has 17 heavy (non-hydrogen) atoms. The van der Waals surface area contributed by atoms with Crippen LogP contribution in [0.5, 0.6) is 5.75 Å². The molecule has 1 aromatic rings. The van der Waals surface area contributed by atoms with Crippen LogP contribution in [0.4, 0.5) is 0 Å². The first-order valence-electron chi connectivity index (χ1n) is 6.19. The van der Waals surface area contributed by atoms with Gasteiger partial charge in [-0.25, -0.2) is 0 Å². The van der Waals surface area contributed by atoms with E-state index in [-0.39, 0.29) is 6.04 Å². The zero-order valence-electron chi connectivity index (χ0n) is 10.4. The molecule has 5 heteroatoms. The number of aromatic nitrogens is 2. The number of aliphatic hydroxyl groups is 1. The van der Waals surface area contributed by atoms with Crippen LogP contribution in [0.25, 0.3) is 0 Å². The van der Waals surface area contributed by atoms with Crippen LogP contribution in [0, 0.1) is 0 Å². The first-order valence-corrected chi connectivity index (χ1v) is 6.19. The molecule has 5 nitrogen and oxygen atoms in total. The van der Waals surface area contributed by atoms with Crippen LogP contribution in [0.3, 0.4) is 0 Å². The minimum absolute atomic E-state index is 0.229. The summed E-state index contributed by atoms with van der Waals surface area (Å²) in [7, 11) is 3.50. The number of ether oxygens (including phenoxy) is 1. The first-order chi connectivity index (χ1) is 8.16. The highest BCUT2D eigenvalue weighted by Crippen LogP contribution is 2.45. The maximum absolute atomic E-state index is 11.0. The summed E-state index contributed by atoms with van der Waals surface area (Å²) in [6.45, 7) is 2.07. The molecule has 0 aliphatic carbocycles. The lowest BCUT2D eigenvalue weighted by atomic mass is 9.88. The van der Waals surface area contributed by atoms with Gasteiger partial charge < -0.3 is 9.84 Å². The summed E-state index contributed by atoms with van der Waals surface area (Å²) < 4.78 is 7.08. The third-order valence-electron chi connectivity index (χ3n) is 4.23. The Morgan fingerprint density at radius 3 is 3.12 bits per heavy atom. The van der Waals surface area contributed by atoms with Crippen LogP contribution in [0.2, 0.25) is 0 Å². The highest BCUT2D eigenvalue weighted by molar-refractivity contribution is 5.33. The van der Waals surface area contributed by atoms with Gasteiger partial charge in [0, 0.05) is 19.6 Å². The van der Waals surface area contributed by atoms with Crippen molar-refractivity contribution in [1.82, 2.24) is 14.7 Å². The highest BCUT2D eigenvalue weighted by atomic mass is 16.5. The highest BCUT2D eigenvalue weighted by Gasteiger charge is 2.51. The number of hydrogen-bond acceptors (Lipinski definition) is 4. The van der Waals surface area contributed by atoms with E-state index < -0.39 is 5.60 Å². The molecule has 1 N–H and O–H groups in total. The van der Waals surface area contributed by atoms with Gasteiger partial charge >= 0.3 is 0 Å². The quantitative estimate of drug-likeness (QED) is 0.813. The Kier molecular flexibility index (Phi) is 2.41. The van der Waals surface area contributed by atoms with Gasteiger partial charge in [-0.15, -0.1) is 0 Å². The minimum atomic E-state index is -0.799. The molecule has 0 saturated carbocycles. The van der Waals surface area contributed by atoms with Crippen molar-refractivity contribution in [1.29, 1.82) is 0 Å². The second kappa shape index (κ2) is 3.71. The molecule has 0 amide bonds. The average molecular weight is 237 g/mol. The molecule has 0 bridgehead atoms. The zero-order valence-corrected chi connectivity index (χ0v) is 10.4. The number of nitrogens with zero attached hydrogens (tertiary/aromatic N) is 3. The first kappa shape index (κ1) is 11.0. The van der Waals surface area contributed by atoms with Crippen LogP contribution in [-0.4, -0.2) is 46.0 Å². The van der Waals surface area contributed by atoms with Crippen molar-refractivity contribution in [3.8, 4) is 5.75 Å².